The van der Waals surface area contributed by atoms with E-state index < -0.39 is 0 Å². The fourth-order valence-electron chi connectivity index (χ4n) is 2.72. The molecular weight excluding hydrogens is 248 g/mol. The lowest BCUT2D eigenvalue weighted by molar-refractivity contribution is 0.569. The number of pyridine rings is 1. The van der Waals surface area contributed by atoms with E-state index in [9.17, 15) is 0 Å². The molecule has 20 heavy (non-hydrogen) atoms. The zero-order valence-corrected chi connectivity index (χ0v) is 11.1. The van der Waals surface area contributed by atoms with Gasteiger partial charge < -0.3 is 5.32 Å². The van der Waals surface area contributed by atoms with Crippen molar-refractivity contribution in [1.29, 1.82) is 0 Å². The van der Waals surface area contributed by atoms with Crippen molar-refractivity contribution < 1.29 is 0 Å². The first-order chi connectivity index (χ1) is 9.83. The van der Waals surface area contributed by atoms with Gasteiger partial charge in [0.1, 0.15) is 6.17 Å². The van der Waals surface area contributed by atoms with Crippen molar-refractivity contribution in [3.8, 4) is 11.3 Å². The molecule has 0 radical (unpaired) electrons. The molecule has 3 heterocycles. The fourth-order valence-corrected chi connectivity index (χ4v) is 2.72. The Kier molecular flexibility index (Phi) is 2.36. The van der Waals surface area contributed by atoms with Crippen molar-refractivity contribution in [2.45, 2.75) is 13.1 Å². The highest BCUT2D eigenvalue weighted by atomic mass is 15.4. The number of hydrogen-bond donors (Lipinski definition) is 1. The number of para-hydroxylation sites is 1. The van der Waals surface area contributed by atoms with Crippen LogP contribution in [0.2, 0.25) is 0 Å². The van der Waals surface area contributed by atoms with Gasteiger partial charge in [-0.15, -0.1) is 0 Å². The molecule has 4 nitrogen and oxygen atoms in total. The van der Waals surface area contributed by atoms with Crippen molar-refractivity contribution in [2.75, 3.05) is 5.32 Å². The van der Waals surface area contributed by atoms with Crippen molar-refractivity contribution in [3.05, 3.63) is 66.1 Å². The Bertz CT molecular complexity index is 761. The number of nitrogens with zero attached hydrogens (tertiary/aromatic N) is 3. The van der Waals surface area contributed by atoms with E-state index in [1.165, 1.54) is 5.56 Å². The first-order valence-electron chi connectivity index (χ1n) is 6.65. The zero-order chi connectivity index (χ0) is 13.5. The molecule has 3 aromatic rings. The maximum atomic E-state index is 4.63. The van der Waals surface area contributed by atoms with Gasteiger partial charge in [0.15, 0.2) is 0 Å². The van der Waals surface area contributed by atoms with Crippen molar-refractivity contribution >= 4 is 5.69 Å². The number of fused-ring (bicyclic) bond motifs is 3. The molecular formula is C16H14N4. The quantitative estimate of drug-likeness (QED) is 0.732. The third-order valence-electron chi connectivity index (χ3n) is 3.60. The van der Waals surface area contributed by atoms with Gasteiger partial charge in [0, 0.05) is 29.2 Å². The predicted molar refractivity (Wildman–Crippen MR) is 78.4 cm³/mol. The summed E-state index contributed by atoms with van der Waals surface area (Å²) in [6.45, 7) is 2.02. The highest BCUT2D eigenvalue weighted by Gasteiger charge is 2.25. The first-order valence-corrected chi connectivity index (χ1v) is 6.65. The van der Waals surface area contributed by atoms with Gasteiger partial charge in [-0.1, -0.05) is 24.3 Å². The Morgan fingerprint density at radius 2 is 2.05 bits per heavy atom. The van der Waals surface area contributed by atoms with Gasteiger partial charge in [0.2, 0.25) is 0 Å². The Labute approximate surface area is 117 Å². The van der Waals surface area contributed by atoms with E-state index in [2.05, 4.69) is 45.7 Å². The van der Waals surface area contributed by atoms with E-state index in [1.807, 2.05) is 29.9 Å². The van der Waals surface area contributed by atoms with Crippen LogP contribution in [0.15, 0.2) is 54.9 Å². The summed E-state index contributed by atoms with van der Waals surface area (Å²) in [5, 5.41) is 8.18. The van der Waals surface area contributed by atoms with Crippen molar-refractivity contribution in [2.24, 2.45) is 0 Å². The molecule has 0 spiro atoms. The van der Waals surface area contributed by atoms with Gasteiger partial charge in [0.05, 0.1) is 11.4 Å². The lowest BCUT2D eigenvalue weighted by atomic mass is 10.0. The predicted octanol–water partition coefficient (Wildman–Crippen LogP) is 3.23. The molecule has 1 aliphatic rings. The molecule has 2 aromatic heterocycles. The molecule has 1 atom stereocenters. The van der Waals surface area contributed by atoms with Crippen molar-refractivity contribution in [3.63, 3.8) is 0 Å². The molecule has 1 N–H and O–H groups in total. The number of aryl methyl sites for hydroxylation is 1. The Morgan fingerprint density at radius 1 is 1.15 bits per heavy atom. The van der Waals surface area contributed by atoms with Crippen LogP contribution in [-0.2, 0) is 0 Å². The van der Waals surface area contributed by atoms with Gasteiger partial charge in [-0.2, -0.15) is 5.10 Å². The summed E-state index contributed by atoms with van der Waals surface area (Å²) in [5.74, 6) is 0. The van der Waals surface area contributed by atoms with Crippen LogP contribution >= 0.6 is 0 Å². The van der Waals surface area contributed by atoms with Crippen LogP contribution in [-0.4, -0.2) is 14.8 Å². The summed E-state index contributed by atoms with van der Waals surface area (Å²) in [7, 11) is 0. The van der Waals surface area contributed by atoms with E-state index in [0.29, 0.717) is 0 Å². The molecule has 98 valence electrons. The zero-order valence-electron chi connectivity index (χ0n) is 11.1. The summed E-state index contributed by atoms with van der Waals surface area (Å²) in [5.41, 5.74) is 5.59. The SMILES string of the molecule is Cc1cc2n(n1)C(c1cccnc1)Nc1ccccc1-2. The number of anilines is 1. The van der Waals surface area contributed by atoms with E-state index in [4.69, 9.17) is 0 Å². The minimum absolute atomic E-state index is 0.0118. The van der Waals surface area contributed by atoms with Crippen LogP contribution in [0.1, 0.15) is 17.4 Å². The second-order valence-corrected chi connectivity index (χ2v) is 4.99. The van der Waals surface area contributed by atoms with E-state index in [0.717, 1.165) is 22.6 Å². The summed E-state index contributed by atoms with van der Waals surface area (Å²) in [6, 6.07) is 14.5. The Balaban J connectivity index is 1.93. The van der Waals surface area contributed by atoms with Crippen LogP contribution in [0.5, 0.6) is 0 Å². The van der Waals surface area contributed by atoms with Gasteiger partial charge in [0.25, 0.3) is 0 Å². The second kappa shape index (κ2) is 4.20. The molecule has 4 rings (SSSR count). The molecule has 0 saturated heterocycles. The fraction of sp³-hybridized carbons (Fsp3) is 0.125. The lowest BCUT2D eigenvalue weighted by Crippen LogP contribution is -2.25. The van der Waals surface area contributed by atoms with Crippen LogP contribution in [0, 0.1) is 6.92 Å². The molecule has 1 aliphatic heterocycles. The third-order valence-corrected chi connectivity index (χ3v) is 3.60. The second-order valence-electron chi connectivity index (χ2n) is 4.99. The van der Waals surface area contributed by atoms with Crippen LogP contribution in [0.4, 0.5) is 5.69 Å². The average molecular weight is 262 g/mol. The summed E-state index contributed by atoms with van der Waals surface area (Å²) in [4.78, 5) is 4.21. The minimum atomic E-state index is -0.0118. The number of aromatic nitrogens is 3. The monoisotopic (exact) mass is 262 g/mol. The van der Waals surface area contributed by atoms with Crippen LogP contribution < -0.4 is 5.32 Å². The molecule has 0 bridgehead atoms. The van der Waals surface area contributed by atoms with Gasteiger partial charge in [-0.25, -0.2) is 4.68 Å². The third kappa shape index (κ3) is 1.61. The Morgan fingerprint density at radius 3 is 2.90 bits per heavy atom. The minimum Gasteiger partial charge on any atom is -0.359 e. The summed E-state index contributed by atoms with van der Waals surface area (Å²) in [6.07, 6.45) is 3.66. The normalized spacial score (nSPS) is 16.1. The number of benzene rings is 1. The average Bonchev–Trinajstić information content (AvgIpc) is 2.89. The largest absolute Gasteiger partial charge is 0.359 e. The maximum absolute atomic E-state index is 4.63. The number of nitrogens with one attached hydrogen (secondary N) is 1. The van der Waals surface area contributed by atoms with Crippen LogP contribution in [0.25, 0.3) is 11.3 Å². The Hall–Kier alpha value is -2.62. The highest BCUT2D eigenvalue weighted by molar-refractivity contribution is 5.78. The van der Waals surface area contributed by atoms with E-state index in [1.54, 1.807) is 6.20 Å². The van der Waals surface area contributed by atoms with E-state index in [-0.39, 0.29) is 6.17 Å². The molecule has 1 unspecified atom stereocenters. The van der Waals surface area contributed by atoms with Gasteiger partial charge >= 0.3 is 0 Å². The molecule has 1 aromatic carbocycles. The van der Waals surface area contributed by atoms with Crippen molar-refractivity contribution in [1.82, 2.24) is 14.8 Å². The molecule has 4 heteroatoms. The smallest absolute Gasteiger partial charge is 0.148 e. The summed E-state index contributed by atoms with van der Waals surface area (Å²) < 4.78 is 2.04. The first kappa shape index (κ1) is 11.2. The lowest BCUT2D eigenvalue weighted by Gasteiger charge is -2.28. The number of rotatable bonds is 1. The number of hydrogen-bond acceptors (Lipinski definition) is 3. The molecule has 0 aliphatic carbocycles. The highest BCUT2D eigenvalue weighted by Crippen LogP contribution is 2.37. The van der Waals surface area contributed by atoms with Gasteiger partial charge in [-0.3, -0.25) is 4.98 Å². The topological polar surface area (TPSA) is 42.7 Å². The maximum Gasteiger partial charge on any atom is 0.148 e. The molecule has 0 amide bonds. The molecule has 0 saturated carbocycles. The van der Waals surface area contributed by atoms with E-state index >= 15 is 0 Å². The van der Waals surface area contributed by atoms with Gasteiger partial charge in [-0.05, 0) is 25.1 Å². The van der Waals surface area contributed by atoms with Crippen LogP contribution in [0.3, 0.4) is 0 Å². The molecule has 0 fully saturated rings. The summed E-state index contributed by atoms with van der Waals surface area (Å²) >= 11 is 0. The standard InChI is InChI=1S/C16H14N4/c1-11-9-15-13-6-2-3-7-14(13)18-16(20(15)19-11)12-5-4-8-17-10-12/h2-10,16,18H,1H3.